The zero-order valence-electron chi connectivity index (χ0n) is 14.5. The molecular weight excluding hydrogens is 356 g/mol. The van der Waals surface area contributed by atoms with Crippen molar-refractivity contribution < 1.29 is 9.59 Å². The Hall–Kier alpha value is -1.80. The van der Waals surface area contributed by atoms with Crippen molar-refractivity contribution in [3.8, 4) is 0 Å². The number of carbonyl (C=O) groups excluding carboxylic acids is 2. The van der Waals surface area contributed by atoms with Crippen LogP contribution in [-0.4, -0.2) is 57.9 Å². The summed E-state index contributed by atoms with van der Waals surface area (Å²) in [5.74, 6) is -0.672. The Labute approximate surface area is 157 Å². The van der Waals surface area contributed by atoms with E-state index in [2.05, 4.69) is 9.88 Å². The molecule has 0 bridgehead atoms. The molecule has 0 radical (unpaired) electrons. The fourth-order valence-corrected chi connectivity index (χ4v) is 4.45. The van der Waals surface area contributed by atoms with Crippen LogP contribution in [0.2, 0.25) is 0 Å². The first kappa shape index (κ1) is 18.0. The quantitative estimate of drug-likeness (QED) is 0.458. The molecule has 6 nitrogen and oxygen atoms in total. The largest absolute Gasteiger partial charge is 0.362 e. The number of carbonyl (C=O) groups is 2. The van der Waals surface area contributed by atoms with Gasteiger partial charge in [-0.3, -0.25) is 19.4 Å². The van der Waals surface area contributed by atoms with Crippen LogP contribution >= 0.6 is 23.6 Å². The molecular formula is C17H22N4O2S2. The average molecular weight is 379 g/mol. The highest BCUT2D eigenvalue weighted by atomic mass is 32.1. The lowest BCUT2D eigenvalue weighted by Gasteiger charge is -2.35. The van der Waals surface area contributed by atoms with Crippen LogP contribution in [0.5, 0.6) is 0 Å². The molecule has 3 rings (SSSR count). The van der Waals surface area contributed by atoms with Gasteiger partial charge in [-0.25, -0.2) is 4.98 Å². The van der Waals surface area contributed by atoms with Crippen LogP contribution in [0.4, 0.5) is 5.00 Å². The van der Waals surface area contributed by atoms with Gasteiger partial charge in [0.15, 0.2) is 5.11 Å². The van der Waals surface area contributed by atoms with Gasteiger partial charge in [0.25, 0.3) is 11.8 Å². The molecule has 8 heteroatoms. The molecule has 25 heavy (non-hydrogen) atoms. The van der Waals surface area contributed by atoms with Gasteiger partial charge in [0, 0.05) is 26.2 Å². The molecule has 134 valence electrons. The van der Waals surface area contributed by atoms with Crippen molar-refractivity contribution in [3.05, 3.63) is 16.8 Å². The molecule has 0 unspecified atom stereocenters. The highest BCUT2D eigenvalue weighted by molar-refractivity contribution is 7.80. The van der Waals surface area contributed by atoms with Crippen LogP contribution in [0.1, 0.15) is 38.1 Å². The minimum atomic E-state index is -0.336. The van der Waals surface area contributed by atoms with Crippen LogP contribution in [0, 0.1) is 0 Å². The zero-order valence-corrected chi connectivity index (χ0v) is 16.2. The van der Waals surface area contributed by atoms with Gasteiger partial charge in [-0.15, -0.1) is 0 Å². The second-order valence-electron chi connectivity index (χ2n) is 6.02. The summed E-state index contributed by atoms with van der Waals surface area (Å²) in [7, 11) is 0. The fourth-order valence-electron chi connectivity index (χ4n) is 3.11. The normalized spacial score (nSPS) is 19.0. The molecule has 0 aromatic carbocycles. The predicted octanol–water partition coefficient (Wildman–Crippen LogP) is 2.51. The molecule has 1 aromatic heterocycles. The van der Waals surface area contributed by atoms with Gasteiger partial charge in [0.1, 0.15) is 15.6 Å². The minimum Gasteiger partial charge on any atom is -0.362 e. The predicted molar refractivity (Wildman–Crippen MR) is 104 cm³/mol. The van der Waals surface area contributed by atoms with E-state index in [-0.39, 0.29) is 22.5 Å². The summed E-state index contributed by atoms with van der Waals surface area (Å²) < 4.78 is 0. The number of rotatable bonds is 4. The highest BCUT2D eigenvalue weighted by Crippen LogP contribution is 2.29. The van der Waals surface area contributed by atoms with Crippen LogP contribution in [0.3, 0.4) is 0 Å². The molecule has 0 aliphatic carbocycles. The van der Waals surface area contributed by atoms with Crippen molar-refractivity contribution in [3.63, 3.8) is 0 Å². The van der Waals surface area contributed by atoms with E-state index in [0.717, 1.165) is 18.1 Å². The Morgan fingerprint density at radius 1 is 1.12 bits per heavy atom. The topological polar surface area (TPSA) is 56.8 Å². The summed E-state index contributed by atoms with van der Waals surface area (Å²) in [6.07, 6.45) is 7.10. The summed E-state index contributed by atoms with van der Waals surface area (Å²) in [4.78, 5) is 34.9. The SMILES string of the molecule is CCN1C(=O)C(=Cc2ncc(N3CCCCC3)s2)C(=O)N(CC)C1=S. The molecule has 2 amide bonds. The molecule has 0 spiro atoms. The maximum atomic E-state index is 12.6. The number of nitrogens with zero attached hydrogens (tertiary/aromatic N) is 4. The first-order valence-corrected chi connectivity index (χ1v) is 9.89. The van der Waals surface area contributed by atoms with E-state index >= 15 is 0 Å². The van der Waals surface area contributed by atoms with Crippen molar-refractivity contribution in [2.45, 2.75) is 33.1 Å². The van der Waals surface area contributed by atoms with Crippen LogP contribution < -0.4 is 4.90 Å². The fraction of sp³-hybridized carbons (Fsp3) is 0.529. The van der Waals surface area contributed by atoms with Gasteiger partial charge in [0.05, 0.1) is 6.20 Å². The lowest BCUT2D eigenvalue weighted by Crippen LogP contribution is -2.55. The molecule has 2 aliphatic rings. The third kappa shape index (κ3) is 3.46. The smallest absolute Gasteiger partial charge is 0.265 e. The summed E-state index contributed by atoms with van der Waals surface area (Å²) >= 11 is 6.79. The molecule has 0 saturated carbocycles. The number of amides is 2. The number of hydrogen-bond acceptors (Lipinski definition) is 6. The Balaban J connectivity index is 1.88. The second-order valence-corrected chi connectivity index (χ2v) is 7.43. The summed E-state index contributed by atoms with van der Waals surface area (Å²) in [5, 5.41) is 2.06. The maximum absolute atomic E-state index is 12.6. The lowest BCUT2D eigenvalue weighted by molar-refractivity contribution is -0.133. The first-order chi connectivity index (χ1) is 12.1. The van der Waals surface area contributed by atoms with Crippen LogP contribution in [0.25, 0.3) is 6.08 Å². The molecule has 1 aromatic rings. The van der Waals surface area contributed by atoms with E-state index < -0.39 is 0 Å². The van der Waals surface area contributed by atoms with E-state index in [0.29, 0.717) is 18.1 Å². The standard InChI is InChI=1S/C17H22N4O2S2/c1-3-20-15(22)12(16(23)21(4-2)17(20)24)10-13-18-11-14(25-13)19-8-6-5-7-9-19/h10-11H,3-9H2,1-2H3. The number of anilines is 1. The van der Waals surface area contributed by atoms with Crippen molar-refractivity contribution >= 4 is 51.6 Å². The van der Waals surface area contributed by atoms with E-state index in [1.165, 1.54) is 40.4 Å². The summed E-state index contributed by atoms with van der Waals surface area (Å²) in [6.45, 7) is 6.66. The lowest BCUT2D eigenvalue weighted by atomic mass is 10.1. The van der Waals surface area contributed by atoms with Gasteiger partial charge in [-0.1, -0.05) is 11.3 Å². The van der Waals surface area contributed by atoms with Gasteiger partial charge < -0.3 is 4.90 Å². The van der Waals surface area contributed by atoms with Crippen LogP contribution in [0.15, 0.2) is 11.8 Å². The number of thiocarbonyl (C=S) groups is 1. The molecule has 3 heterocycles. The maximum Gasteiger partial charge on any atom is 0.265 e. The monoisotopic (exact) mass is 378 g/mol. The van der Waals surface area contributed by atoms with Crippen molar-refractivity contribution in [1.82, 2.24) is 14.8 Å². The van der Waals surface area contributed by atoms with Crippen molar-refractivity contribution in [2.24, 2.45) is 0 Å². The number of thiazole rings is 1. The number of hydrogen-bond donors (Lipinski definition) is 0. The van der Waals surface area contributed by atoms with Gasteiger partial charge in [-0.05, 0) is 51.4 Å². The molecule has 2 saturated heterocycles. The van der Waals surface area contributed by atoms with Crippen molar-refractivity contribution in [1.29, 1.82) is 0 Å². The van der Waals surface area contributed by atoms with E-state index in [1.54, 1.807) is 6.08 Å². The number of piperidine rings is 1. The van der Waals surface area contributed by atoms with Gasteiger partial charge in [0.2, 0.25) is 0 Å². The Morgan fingerprint density at radius 3 is 2.28 bits per heavy atom. The van der Waals surface area contributed by atoms with Crippen LogP contribution in [-0.2, 0) is 9.59 Å². The minimum absolute atomic E-state index is 0.136. The van der Waals surface area contributed by atoms with Gasteiger partial charge in [-0.2, -0.15) is 0 Å². The Morgan fingerprint density at radius 2 is 1.72 bits per heavy atom. The average Bonchev–Trinajstić information content (AvgIpc) is 3.09. The molecule has 0 N–H and O–H groups in total. The van der Waals surface area contributed by atoms with E-state index in [9.17, 15) is 9.59 Å². The third-order valence-electron chi connectivity index (χ3n) is 4.49. The Kier molecular flexibility index (Phi) is 5.48. The first-order valence-electron chi connectivity index (χ1n) is 8.67. The molecule has 0 atom stereocenters. The third-order valence-corrected chi connectivity index (χ3v) is 5.94. The van der Waals surface area contributed by atoms with Gasteiger partial charge >= 0.3 is 0 Å². The highest BCUT2D eigenvalue weighted by Gasteiger charge is 2.38. The van der Waals surface area contributed by atoms with E-state index in [4.69, 9.17) is 12.2 Å². The molecule has 2 aliphatic heterocycles. The zero-order chi connectivity index (χ0) is 18.0. The van der Waals surface area contributed by atoms with E-state index in [1.807, 2.05) is 20.0 Å². The summed E-state index contributed by atoms with van der Waals surface area (Å²) in [5.41, 5.74) is 0.136. The van der Waals surface area contributed by atoms with Crippen molar-refractivity contribution in [2.75, 3.05) is 31.1 Å². The Bertz CT molecular complexity index is 694. The number of aromatic nitrogens is 1. The number of likely N-dealkylation sites (N-methyl/N-ethyl adjacent to an activating group) is 2. The summed E-state index contributed by atoms with van der Waals surface area (Å²) in [6, 6.07) is 0. The molecule has 2 fully saturated rings. The second kappa shape index (κ2) is 7.61.